The Balaban J connectivity index is 0.00000400. The van der Waals surface area contributed by atoms with Crippen LogP contribution in [-0.2, 0) is 4.79 Å². The highest BCUT2D eigenvalue weighted by Gasteiger charge is 2.12. The normalized spacial score (nSPS) is 10.4. The quantitative estimate of drug-likeness (QED) is 0.667. The van der Waals surface area contributed by atoms with Crippen LogP contribution in [0.3, 0.4) is 0 Å². The SMILES string of the molecule is CC(C)(N)CNC(=O)CCCNC(=O)c1ccccc1.Cl. The minimum atomic E-state index is -0.406. The summed E-state index contributed by atoms with van der Waals surface area (Å²) in [7, 11) is 0. The minimum Gasteiger partial charge on any atom is -0.354 e. The molecule has 0 aliphatic carbocycles. The molecule has 4 N–H and O–H groups in total. The molecule has 1 aromatic carbocycles. The Kier molecular flexibility index (Phi) is 8.66. The fourth-order valence-corrected chi connectivity index (χ4v) is 1.56. The zero-order chi connectivity index (χ0) is 15.0. The summed E-state index contributed by atoms with van der Waals surface area (Å²) in [6, 6.07) is 9.00. The molecule has 0 fully saturated rings. The minimum absolute atomic E-state index is 0. The van der Waals surface area contributed by atoms with Crippen molar-refractivity contribution in [3.63, 3.8) is 0 Å². The van der Waals surface area contributed by atoms with Gasteiger partial charge in [0.25, 0.3) is 5.91 Å². The van der Waals surface area contributed by atoms with Crippen molar-refractivity contribution < 1.29 is 9.59 Å². The van der Waals surface area contributed by atoms with Crippen LogP contribution in [0.4, 0.5) is 0 Å². The van der Waals surface area contributed by atoms with E-state index >= 15 is 0 Å². The van der Waals surface area contributed by atoms with E-state index in [-0.39, 0.29) is 24.2 Å². The topological polar surface area (TPSA) is 84.2 Å². The number of carbonyl (C=O) groups excluding carboxylic acids is 2. The predicted molar refractivity (Wildman–Crippen MR) is 86.5 cm³/mol. The maximum atomic E-state index is 11.7. The molecule has 0 unspecified atom stereocenters. The van der Waals surface area contributed by atoms with Crippen molar-refractivity contribution in [3.05, 3.63) is 35.9 Å². The molecule has 6 heteroatoms. The highest BCUT2D eigenvalue weighted by molar-refractivity contribution is 5.94. The summed E-state index contributed by atoms with van der Waals surface area (Å²) in [4.78, 5) is 23.2. The van der Waals surface area contributed by atoms with E-state index in [0.29, 0.717) is 31.5 Å². The van der Waals surface area contributed by atoms with Crippen molar-refractivity contribution in [2.75, 3.05) is 13.1 Å². The first kappa shape index (κ1) is 19.4. The molecule has 2 amide bonds. The van der Waals surface area contributed by atoms with E-state index in [1.807, 2.05) is 32.0 Å². The Morgan fingerprint density at radius 3 is 2.33 bits per heavy atom. The van der Waals surface area contributed by atoms with Crippen molar-refractivity contribution in [3.8, 4) is 0 Å². The van der Waals surface area contributed by atoms with Gasteiger partial charge < -0.3 is 16.4 Å². The zero-order valence-corrected chi connectivity index (χ0v) is 13.3. The van der Waals surface area contributed by atoms with Gasteiger partial charge in [-0.1, -0.05) is 18.2 Å². The lowest BCUT2D eigenvalue weighted by Crippen LogP contribution is -2.45. The van der Waals surface area contributed by atoms with Gasteiger partial charge in [-0.25, -0.2) is 0 Å². The van der Waals surface area contributed by atoms with Crippen LogP contribution in [-0.4, -0.2) is 30.4 Å². The van der Waals surface area contributed by atoms with E-state index in [9.17, 15) is 9.59 Å². The van der Waals surface area contributed by atoms with Crippen LogP contribution >= 0.6 is 12.4 Å². The van der Waals surface area contributed by atoms with Gasteiger partial charge in [0.2, 0.25) is 5.91 Å². The summed E-state index contributed by atoms with van der Waals surface area (Å²) in [6.07, 6.45) is 0.987. The molecule has 0 saturated carbocycles. The number of hydrogen-bond acceptors (Lipinski definition) is 3. The average molecular weight is 314 g/mol. The van der Waals surface area contributed by atoms with Gasteiger partial charge in [-0.15, -0.1) is 12.4 Å². The Morgan fingerprint density at radius 2 is 1.76 bits per heavy atom. The van der Waals surface area contributed by atoms with E-state index in [4.69, 9.17) is 5.73 Å². The first-order valence-electron chi connectivity index (χ1n) is 6.77. The van der Waals surface area contributed by atoms with Crippen LogP contribution in [0, 0.1) is 0 Å². The van der Waals surface area contributed by atoms with E-state index < -0.39 is 5.54 Å². The summed E-state index contributed by atoms with van der Waals surface area (Å²) in [6.45, 7) is 4.64. The third kappa shape index (κ3) is 9.05. The molecule has 0 heterocycles. The molecule has 0 atom stereocenters. The van der Waals surface area contributed by atoms with Crippen LogP contribution in [0.5, 0.6) is 0 Å². The molecular formula is C15H24ClN3O2. The molecule has 0 aromatic heterocycles. The van der Waals surface area contributed by atoms with Gasteiger partial charge in [0.15, 0.2) is 0 Å². The number of nitrogens with one attached hydrogen (secondary N) is 2. The molecule has 118 valence electrons. The number of amides is 2. The van der Waals surface area contributed by atoms with Crippen molar-refractivity contribution in [1.29, 1.82) is 0 Å². The highest BCUT2D eigenvalue weighted by Crippen LogP contribution is 1.98. The van der Waals surface area contributed by atoms with Crippen LogP contribution in [0.2, 0.25) is 0 Å². The molecule has 0 aliphatic rings. The first-order valence-corrected chi connectivity index (χ1v) is 6.77. The Hall–Kier alpha value is -1.59. The van der Waals surface area contributed by atoms with Crippen molar-refractivity contribution >= 4 is 24.2 Å². The lowest BCUT2D eigenvalue weighted by molar-refractivity contribution is -0.121. The van der Waals surface area contributed by atoms with Gasteiger partial charge in [-0.3, -0.25) is 9.59 Å². The second kappa shape index (κ2) is 9.37. The maximum absolute atomic E-state index is 11.7. The molecule has 0 spiro atoms. The third-order valence-corrected chi connectivity index (χ3v) is 2.64. The number of carbonyl (C=O) groups is 2. The molecular weight excluding hydrogens is 290 g/mol. The third-order valence-electron chi connectivity index (χ3n) is 2.64. The number of hydrogen-bond donors (Lipinski definition) is 3. The zero-order valence-electron chi connectivity index (χ0n) is 12.5. The second-order valence-electron chi connectivity index (χ2n) is 5.49. The van der Waals surface area contributed by atoms with Gasteiger partial charge in [-0.2, -0.15) is 0 Å². The summed E-state index contributed by atoms with van der Waals surface area (Å²) < 4.78 is 0. The van der Waals surface area contributed by atoms with E-state index in [2.05, 4.69) is 10.6 Å². The van der Waals surface area contributed by atoms with Gasteiger partial charge in [0.05, 0.1) is 0 Å². The fourth-order valence-electron chi connectivity index (χ4n) is 1.56. The molecule has 0 saturated heterocycles. The van der Waals surface area contributed by atoms with E-state index in [1.54, 1.807) is 12.1 Å². The Morgan fingerprint density at radius 1 is 1.14 bits per heavy atom. The standard InChI is InChI=1S/C15H23N3O2.ClH/c1-15(2,16)11-18-13(19)9-6-10-17-14(20)12-7-4-3-5-8-12;/h3-5,7-8H,6,9-11,16H2,1-2H3,(H,17,20)(H,18,19);1H. The second-order valence-corrected chi connectivity index (χ2v) is 5.49. The maximum Gasteiger partial charge on any atom is 0.251 e. The summed E-state index contributed by atoms with van der Waals surface area (Å²) in [5, 5.41) is 5.55. The van der Waals surface area contributed by atoms with Gasteiger partial charge in [0, 0.05) is 30.6 Å². The van der Waals surface area contributed by atoms with Crippen LogP contribution < -0.4 is 16.4 Å². The summed E-state index contributed by atoms with van der Waals surface area (Å²) in [5.74, 6) is -0.161. The van der Waals surface area contributed by atoms with Crippen molar-refractivity contribution in [1.82, 2.24) is 10.6 Å². The monoisotopic (exact) mass is 313 g/mol. The smallest absolute Gasteiger partial charge is 0.251 e. The van der Waals surface area contributed by atoms with Gasteiger partial charge in [0.1, 0.15) is 0 Å². The number of nitrogens with two attached hydrogens (primary N) is 1. The lowest BCUT2D eigenvalue weighted by atomic mass is 10.1. The molecule has 21 heavy (non-hydrogen) atoms. The Labute approximate surface area is 132 Å². The predicted octanol–water partition coefficient (Wildman–Crippen LogP) is 1.47. The number of halogens is 1. The molecule has 1 rings (SSSR count). The molecule has 5 nitrogen and oxygen atoms in total. The summed E-state index contributed by atoms with van der Waals surface area (Å²) in [5.41, 5.74) is 5.99. The first-order chi connectivity index (χ1) is 9.38. The van der Waals surface area contributed by atoms with Crippen LogP contribution in [0.25, 0.3) is 0 Å². The van der Waals surface area contributed by atoms with Crippen LogP contribution in [0.1, 0.15) is 37.0 Å². The van der Waals surface area contributed by atoms with Crippen LogP contribution in [0.15, 0.2) is 30.3 Å². The van der Waals surface area contributed by atoms with Crippen molar-refractivity contribution in [2.24, 2.45) is 5.73 Å². The average Bonchev–Trinajstić information content (AvgIpc) is 2.41. The number of benzene rings is 1. The van der Waals surface area contributed by atoms with Gasteiger partial charge >= 0.3 is 0 Å². The lowest BCUT2D eigenvalue weighted by Gasteiger charge is -2.18. The molecule has 0 radical (unpaired) electrons. The fraction of sp³-hybridized carbons (Fsp3) is 0.467. The molecule has 0 aliphatic heterocycles. The molecule has 1 aromatic rings. The van der Waals surface area contributed by atoms with Gasteiger partial charge in [-0.05, 0) is 32.4 Å². The Bertz CT molecular complexity index is 444. The largest absolute Gasteiger partial charge is 0.354 e. The highest BCUT2D eigenvalue weighted by atomic mass is 35.5. The van der Waals surface area contributed by atoms with E-state index in [0.717, 1.165) is 0 Å². The number of rotatable bonds is 7. The van der Waals surface area contributed by atoms with Crippen molar-refractivity contribution in [2.45, 2.75) is 32.2 Å². The summed E-state index contributed by atoms with van der Waals surface area (Å²) >= 11 is 0. The van der Waals surface area contributed by atoms with E-state index in [1.165, 1.54) is 0 Å². The molecule has 0 bridgehead atoms.